The minimum atomic E-state index is -0.923. The zero-order chi connectivity index (χ0) is 17.5. The molecule has 2 aromatic rings. The van der Waals surface area contributed by atoms with E-state index >= 15 is 0 Å². The number of carbonyl (C=O) groups excluding carboxylic acids is 2. The summed E-state index contributed by atoms with van der Waals surface area (Å²) in [5.74, 6) is -1.28. The summed E-state index contributed by atoms with van der Waals surface area (Å²) in [4.78, 5) is 25.0. The van der Waals surface area contributed by atoms with E-state index in [1.165, 1.54) is 30.8 Å². The van der Waals surface area contributed by atoms with Crippen LogP contribution in [-0.2, 0) is 16.1 Å². The van der Waals surface area contributed by atoms with Crippen molar-refractivity contribution in [3.8, 4) is 0 Å². The van der Waals surface area contributed by atoms with E-state index in [4.69, 9.17) is 4.74 Å². The van der Waals surface area contributed by atoms with Crippen molar-refractivity contribution in [3.63, 3.8) is 0 Å². The van der Waals surface area contributed by atoms with Crippen LogP contribution in [0.4, 0.5) is 4.39 Å². The number of rotatable bonds is 6. The summed E-state index contributed by atoms with van der Waals surface area (Å²) < 4.78 is 18.1. The molecule has 0 radical (unpaired) electrons. The van der Waals surface area contributed by atoms with Gasteiger partial charge in [-0.05, 0) is 43.0 Å². The first-order chi connectivity index (χ1) is 11.5. The first kappa shape index (κ1) is 18.0. The molecule has 1 N–H and O–H groups in total. The molecule has 0 saturated carbocycles. The van der Waals surface area contributed by atoms with Gasteiger partial charge in [0.15, 0.2) is 6.10 Å². The largest absolute Gasteiger partial charge is 0.449 e. The molecule has 4 nitrogen and oxygen atoms in total. The molecular weight excluding hydrogens is 329 g/mol. The molecule has 2 aromatic carbocycles. The molecule has 0 aliphatic rings. The zero-order valence-corrected chi connectivity index (χ0v) is 14.2. The average Bonchev–Trinajstić information content (AvgIpc) is 2.60. The second-order valence-electron chi connectivity index (χ2n) is 5.09. The summed E-state index contributed by atoms with van der Waals surface area (Å²) in [5.41, 5.74) is 1.19. The number of ether oxygens (including phenoxy) is 1. The molecule has 0 fully saturated rings. The van der Waals surface area contributed by atoms with Crippen molar-refractivity contribution in [1.29, 1.82) is 0 Å². The van der Waals surface area contributed by atoms with Crippen LogP contribution in [-0.4, -0.2) is 24.2 Å². The van der Waals surface area contributed by atoms with Crippen molar-refractivity contribution < 1.29 is 18.7 Å². The highest BCUT2D eigenvalue weighted by Crippen LogP contribution is 2.21. The van der Waals surface area contributed by atoms with Crippen molar-refractivity contribution in [3.05, 3.63) is 65.5 Å². The van der Waals surface area contributed by atoms with E-state index < -0.39 is 18.0 Å². The van der Waals surface area contributed by atoms with E-state index in [-0.39, 0.29) is 12.4 Å². The van der Waals surface area contributed by atoms with Gasteiger partial charge < -0.3 is 10.1 Å². The van der Waals surface area contributed by atoms with Crippen LogP contribution in [0.2, 0.25) is 0 Å². The van der Waals surface area contributed by atoms with Gasteiger partial charge in [-0.1, -0.05) is 24.3 Å². The predicted molar refractivity (Wildman–Crippen MR) is 91.3 cm³/mol. The highest BCUT2D eigenvalue weighted by atomic mass is 32.2. The quantitative estimate of drug-likeness (QED) is 0.643. The summed E-state index contributed by atoms with van der Waals surface area (Å²) in [5, 5.41) is 2.66. The highest BCUT2D eigenvalue weighted by Gasteiger charge is 2.20. The third kappa shape index (κ3) is 4.83. The Morgan fingerprint density at radius 1 is 1.17 bits per heavy atom. The van der Waals surface area contributed by atoms with Crippen molar-refractivity contribution >= 4 is 23.6 Å². The monoisotopic (exact) mass is 347 g/mol. The molecule has 0 saturated heterocycles. The minimum Gasteiger partial charge on any atom is -0.449 e. The highest BCUT2D eigenvalue weighted by molar-refractivity contribution is 7.98. The van der Waals surface area contributed by atoms with Gasteiger partial charge >= 0.3 is 5.97 Å². The van der Waals surface area contributed by atoms with Crippen molar-refractivity contribution in [2.24, 2.45) is 0 Å². The van der Waals surface area contributed by atoms with E-state index in [0.29, 0.717) is 5.56 Å². The van der Waals surface area contributed by atoms with Crippen molar-refractivity contribution in [2.75, 3.05) is 6.26 Å². The Morgan fingerprint density at radius 2 is 1.83 bits per heavy atom. The van der Waals surface area contributed by atoms with E-state index in [1.807, 2.05) is 18.4 Å². The van der Waals surface area contributed by atoms with E-state index in [9.17, 15) is 14.0 Å². The molecule has 2 rings (SSSR count). The van der Waals surface area contributed by atoms with Crippen LogP contribution in [0.15, 0.2) is 53.4 Å². The van der Waals surface area contributed by atoms with Gasteiger partial charge in [0, 0.05) is 11.4 Å². The molecule has 1 amide bonds. The lowest BCUT2D eigenvalue weighted by molar-refractivity contribution is -0.129. The summed E-state index contributed by atoms with van der Waals surface area (Å²) in [7, 11) is 0. The molecule has 0 heterocycles. The van der Waals surface area contributed by atoms with Crippen LogP contribution in [0.25, 0.3) is 0 Å². The van der Waals surface area contributed by atoms with E-state index in [0.717, 1.165) is 10.5 Å². The first-order valence-corrected chi connectivity index (χ1v) is 8.60. The summed E-state index contributed by atoms with van der Waals surface area (Å²) in [6, 6.07) is 12.9. The molecule has 0 spiro atoms. The van der Waals surface area contributed by atoms with Crippen LogP contribution < -0.4 is 5.32 Å². The van der Waals surface area contributed by atoms with Gasteiger partial charge in [0.05, 0.1) is 5.56 Å². The average molecular weight is 347 g/mol. The third-order valence-corrected chi connectivity index (χ3v) is 4.16. The number of thioether (sulfide) groups is 1. The Hall–Kier alpha value is -2.34. The lowest BCUT2D eigenvalue weighted by Crippen LogP contribution is -2.35. The summed E-state index contributed by atoms with van der Waals surface area (Å²) in [6.45, 7) is 1.75. The molecule has 126 valence electrons. The Morgan fingerprint density at radius 3 is 2.50 bits per heavy atom. The molecule has 6 heteroatoms. The molecule has 0 aliphatic carbocycles. The van der Waals surface area contributed by atoms with E-state index in [1.54, 1.807) is 24.3 Å². The summed E-state index contributed by atoms with van der Waals surface area (Å²) in [6.07, 6.45) is 0.943. The Labute approximate surface area is 144 Å². The number of hydrogen-bond donors (Lipinski definition) is 1. The maximum absolute atomic E-state index is 12.8. The van der Waals surface area contributed by atoms with Gasteiger partial charge in [0.2, 0.25) is 0 Å². The van der Waals surface area contributed by atoms with Crippen molar-refractivity contribution in [1.82, 2.24) is 5.32 Å². The SMILES string of the molecule is CSc1ccccc1C(=O)O[C@H](C)C(=O)NCc1ccc(F)cc1. The fourth-order valence-electron chi connectivity index (χ4n) is 2.03. The first-order valence-electron chi connectivity index (χ1n) is 7.37. The zero-order valence-electron chi connectivity index (χ0n) is 13.4. The maximum atomic E-state index is 12.8. The number of hydrogen-bond acceptors (Lipinski definition) is 4. The fraction of sp³-hybridized carbons (Fsp3) is 0.222. The Bertz CT molecular complexity index is 718. The van der Waals surface area contributed by atoms with Gasteiger partial charge in [-0.25, -0.2) is 9.18 Å². The number of halogens is 1. The number of benzene rings is 2. The second-order valence-corrected chi connectivity index (χ2v) is 5.94. The number of nitrogens with one attached hydrogen (secondary N) is 1. The lowest BCUT2D eigenvalue weighted by Gasteiger charge is -2.14. The number of esters is 1. The van der Waals surface area contributed by atoms with Crippen molar-refractivity contribution in [2.45, 2.75) is 24.5 Å². The molecule has 1 atom stereocenters. The smallest absolute Gasteiger partial charge is 0.340 e. The lowest BCUT2D eigenvalue weighted by atomic mass is 10.2. The molecular formula is C18H18FNO3S. The van der Waals surface area contributed by atoms with E-state index in [2.05, 4.69) is 5.32 Å². The maximum Gasteiger partial charge on any atom is 0.340 e. The molecule has 0 bridgehead atoms. The van der Waals surface area contributed by atoms with Gasteiger partial charge in [-0.15, -0.1) is 11.8 Å². The van der Waals surface area contributed by atoms with Crippen LogP contribution >= 0.6 is 11.8 Å². The van der Waals surface area contributed by atoms with Gasteiger partial charge in [-0.3, -0.25) is 4.79 Å². The molecule has 24 heavy (non-hydrogen) atoms. The molecule has 0 unspecified atom stereocenters. The number of amides is 1. The van der Waals surface area contributed by atoms with Gasteiger partial charge in [0.25, 0.3) is 5.91 Å². The Kier molecular flexibility index (Phi) is 6.37. The van der Waals surface area contributed by atoms with Crippen LogP contribution in [0.3, 0.4) is 0 Å². The third-order valence-electron chi connectivity index (χ3n) is 3.36. The summed E-state index contributed by atoms with van der Waals surface area (Å²) >= 11 is 1.44. The standard InChI is InChI=1S/C18H18FNO3S/c1-12(17(21)20-11-13-7-9-14(19)10-8-13)23-18(22)15-5-3-4-6-16(15)24-2/h3-10,12H,11H2,1-2H3,(H,20,21)/t12-/m1/s1. The molecule has 0 aliphatic heterocycles. The molecule has 0 aromatic heterocycles. The normalized spacial score (nSPS) is 11.6. The predicted octanol–water partition coefficient (Wildman–Crippen LogP) is 3.41. The number of carbonyl (C=O) groups is 2. The minimum absolute atomic E-state index is 0.238. The fourth-order valence-corrected chi connectivity index (χ4v) is 2.61. The van der Waals surface area contributed by atoms with Crippen LogP contribution in [0, 0.1) is 5.82 Å². The van der Waals surface area contributed by atoms with Gasteiger partial charge in [-0.2, -0.15) is 0 Å². The Balaban J connectivity index is 1.91. The van der Waals surface area contributed by atoms with Crippen LogP contribution in [0.1, 0.15) is 22.8 Å². The topological polar surface area (TPSA) is 55.4 Å². The van der Waals surface area contributed by atoms with Gasteiger partial charge in [0.1, 0.15) is 5.82 Å². The van der Waals surface area contributed by atoms with Crippen LogP contribution in [0.5, 0.6) is 0 Å². The second kappa shape index (κ2) is 8.49.